The fourth-order valence-corrected chi connectivity index (χ4v) is 4.44. The van der Waals surface area contributed by atoms with Crippen molar-refractivity contribution in [3.05, 3.63) is 20.9 Å². The monoisotopic (exact) mass is 518 g/mol. The highest BCUT2D eigenvalue weighted by atomic mass is 16.8. The molecule has 4 saturated heterocycles. The number of nitrogens with zero attached hydrogens (tertiary/aromatic N) is 6. The maximum Gasteiger partial charge on any atom is 0.184 e. The number of methoxy groups -OCH3 is 2. The van der Waals surface area contributed by atoms with Crippen LogP contribution in [-0.4, -0.2) is 111 Å². The Bertz CT molecular complexity index is 783. The van der Waals surface area contributed by atoms with Crippen LogP contribution in [0.25, 0.3) is 20.9 Å². The number of ether oxygens (including phenoxy) is 8. The summed E-state index contributed by atoms with van der Waals surface area (Å²) in [4.78, 5) is 5.50. The summed E-state index contributed by atoms with van der Waals surface area (Å²) >= 11 is 0. The predicted molar refractivity (Wildman–Crippen MR) is 119 cm³/mol. The topological polar surface area (TPSA) is 212 Å². The highest BCUT2D eigenvalue weighted by Crippen LogP contribution is 2.35. The Labute approximate surface area is 207 Å². The van der Waals surface area contributed by atoms with E-state index < -0.39 is 72.9 Å². The standard InChI is InChI=1S/2C10H17N3O5/c2*1-10(2)16-4-5-8(18-10)6(12-13-11)7(14)9(15-3)17-5/h2*5-9,14H,4H2,1-3H3/t5?,6-,7?,8?,9-;5?,6-,7?,8-,9+/m11/s1. The van der Waals surface area contributed by atoms with Gasteiger partial charge in [-0.25, -0.2) is 0 Å². The molecule has 0 aliphatic carbocycles. The molecule has 0 saturated carbocycles. The van der Waals surface area contributed by atoms with Crippen molar-refractivity contribution in [1.82, 2.24) is 0 Å². The van der Waals surface area contributed by atoms with E-state index in [2.05, 4.69) is 20.1 Å². The van der Waals surface area contributed by atoms with Gasteiger partial charge >= 0.3 is 0 Å². The smallest absolute Gasteiger partial charge is 0.184 e. The molecule has 4 aliphatic heterocycles. The fourth-order valence-electron chi connectivity index (χ4n) is 4.44. The summed E-state index contributed by atoms with van der Waals surface area (Å²) in [7, 11) is 2.83. The lowest BCUT2D eigenvalue weighted by atomic mass is 9.95. The van der Waals surface area contributed by atoms with E-state index in [1.54, 1.807) is 27.7 Å². The molecule has 0 spiro atoms. The summed E-state index contributed by atoms with van der Waals surface area (Å²) in [5.74, 6) is -1.60. The first-order valence-electron chi connectivity index (χ1n) is 11.4. The third-order valence-electron chi connectivity index (χ3n) is 6.15. The Kier molecular flexibility index (Phi) is 9.38. The van der Waals surface area contributed by atoms with Gasteiger partial charge in [0.1, 0.15) is 36.6 Å². The molecule has 4 rings (SSSR count). The lowest BCUT2D eigenvalue weighted by Crippen LogP contribution is -2.64. The van der Waals surface area contributed by atoms with Crippen molar-refractivity contribution in [3.63, 3.8) is 0 Å². The highest BCUT2D eigenvalue weighted by molar-refractivity contribution is 4.99. The normalized spacial score (nSPS) is 42.8. The summed E-state index contributed by atoms with van der Waals surface area (Å²) in [6.07, 6.45) is -5.80. The van der Waals surface area contributed by atoms with Crippen LogP contribution >= 0.6 is 0 Å². The van der Waals surface area contributed by atoms with Crippen LogP contribution in [0.1, 0.15) is 27.7 Å². The van der Waals surface area contributed by atoms with E-state index in [1.807, 2.05) is 0 Å². The summed E-state index contributed by atoms with van der Waals surface area (Å²) in [5, 5.41) is 27.3. The van der Waals surface area contributed by atoms with Crippen LogP contribution in [0.5, 0.6) is 0 Å². The van der Waals surface area contributed by atoms with Crippen molar-refractivity contribution in [2.45, 2.75) is 101 Å². The first-order chi connectivity index (χ1) is 17.0. The molecule has 4 fully saturated rings. The second-order valence-electron chi connectivity index (χ2n) is 9.52. The molecule has 0 aromatic rings. The van der Waals surface area contributed by atoms with Gasteiger partial charge in [-0.05, 0) is 38.8 Å². The molecule has 0 radical (unpaired) electrons. The Morgan fingerprint density at radius 1 is 0.750 bits per heavy atom. The van der Waals surface area contributed by atoms with Crippen LogP contribution < -0.4 is 0 Å². The number of hydrogen-bond donors (Lipinski definition) is 2. The Morgan fingerprint density at radius 2 is 1.11 bits per heavy atom. The van der Waals surface area contributed by atoms with E-state index >= 15 is 0 Å². The van der Waals surface area contributed by atoms with Crippen molar-refractivity contribution in [3.8, 4) is 0 Å². The predicted octanol–water partition coefficient (Wildman–Crippen LogP) is 1.10. The molecule has 4 heterocycles. The van der Waals surface area contributed by atoms with E-state index in [9.17, 15) is 10.2 Å². The summed E-state index contributed by atoms with van der Waals surface area (Å²) < 4.78 is 43.4. The first kappa shape index (κ1) is 28.8. The Hall–Kier alpha value is -1.78. The molecule has 36 heavy (non-hydrogen) atoms. The number of aliphatic hydroxyl groups excluding tert-OH is 2. The lowest BCUT2D eigenvalue weighted by Gasteiger charge is -2.48. The largest absolute Gasteiger partial charge is 0.387 e. The molecule has 0 aromatic heterocycles. The van der Waals surface area contributed by atoms with Crippen molar-refractivity contribution in [2.75, 3.05) is 27.4 Å². The third-order valence-corrected chi connectivity index (χ3v) is 6.15. The second kappa shape index (κ2) is 11.7. The van der Waals surface area contributed by atoms with Gasteiger partial charge < -0.3 is 48.1 Å². The molecule has 4 aliphatic rings. The van der Waals surface area contributed by atoms with Crippen LogP contribution in [0.4, 0.5) is 0 Å². The van der Waals surface area contributed by atoms with E-state index in [4.69, 9.17) is 49.0 Å². The minimum absolute atomic E-state index is 0.293. The number of fused-ring (bicyclic) bond motifs is 2. The zero-order valence-corrected chi connectivity index (χ0v) is 21.0. The molecule has 10 atom stereocenters. The SMILES string of the molecule is CO[C@@H]1OC2COC(C)(C)OC2[C@H](N=[N+]=[N-])C1O.CO[C@H]1OC2COC(C)(C)O[C@H]2[C@H](N=[N+]=[N-])C1O. The van der Waals surface area contributed by atoms with Crippen molar-refractivity contribution < 1.29 is 48.1 Å². The second-order valence-corrected chi connectivity index (χ2v) is 9.52. The first-order valence-corrected chi connectivity index (χ1v) is 11.4. The minimum Gasteiger partial charge on any atom is -0.387 e. The van der Waals surface area contributed by atoms with E-state index in [0.29, 0.717) is 13.2 Å². The molecule has 0 aromatic carbocycles. The number of azide groups is 2. The van der Waals surface area contributed by atoms with Crippen LogP contribution in [0.2, 0.25) is 0 Å². The van der Waals surface area contributed by atoms with E-state index in [0.717, 1.165) is 0 Å². The highest BCUT2D eigenvalue weighted by Gasteiger charge is 2.52. The summed E-state index contributed by atoms with van der Waals surface area (Å²) in [6.45, 7) is 7.61. The third kappa shape index (κ3) is 6.37. The maximum absolute atomic E-state index is 10.0. The van der Waals surface area contributed by atoms with Crippen molar-refractivity contribution in [1.29, 1.82) is 0 Å². The van der Waals surface area contributed by atoms with Gasteiger partial charge in [0, 0.05) is 24.0 Å². The average Bonchev–Trinajstić information content (AvgIpc) is 2.82. The van der Waals surface area contributed by atoms with Gasteiger partial charge in [-0.2, -0.15) is 0 Å². The zero-order valence-electron chi connectivity index (χ0n) is 21.0. The van der Waals surface area contributed by atoms with Crippen LogP contribution in [0, 0.1) is 0 Å². The average molecular weight is 519 g/mol. The Morgan fingerprint density at radius 3 is 1.42 bits per heavy atom. The van der Waals surface area contributed by atoms with Gasteiger partial charge in [0.05, 0.1) is 25.3 Å². The van der Waals surface area contributed by atoms with Gasteiger partial charge in [0.15, 0.2) is 24.2 Å². The van der Waals surface area contributed by atoms with Crippen LogP contribution in [0.15, 0.2) is 10.2 Å². The molecule has 16 heteroatoms. The van der Waals surface area contributed by atoms with E-state index in [1.165, 1.54) is 14.2 Å². The van der Waals surface area contributed by atoms with Crippen molar-refractivity contribution in [2.24, 2.45) is 10.2 Å². The molecule has 2 N–H and O–H groups in total. The van der Waals surface area contributed by atoms with Crippen LogP contribution in [-0.2, 0) is 37.9 Å². The molecule has 5 unspecified atom stereocenters. The number of rotatable bonds is 4. The summed E-state index contributed by atoms with van der Waals surface area (Å²) in [6, 6.07) is -1.52. The summed E-state index contributed by atoms with van der Waals surface area (Å²) in [5.41, 5.74) is 17.2. The van der Waals surface area contributed by atoms with E-state index in [-0.39, 0.29) is 0 Å². The number of aliphatic hydroxyl groups is 2. The van der Waals surface area contributed by atoms with Gasteiger partial charge in [-0.1, -0.05) is 10.2 Å². The van der Waals surface area contributed by atoms with Gasteiger partial charge in [0.2, 0.25) is 0 Å². The fraction of sp³-hybridized carbons (Fsp3) is 1.00. The quantitative estimate of drug-likeness (QED) is 0.307. The molecular weight excluding hydrogens is 484 g/mol. The maximum atomic E-state index is 10.0. The minimum atomic E-state index is -1.07. The lowest BCUT2D eigenvalue weighted by molar-refractivity contribution is -0.362. The van der Waals surface area contributed by atoms with Gasteiger partial charge in [0.25, 0.3) is 0 Å². The molecule has 16 nitrogen and oxygen atoms in total. The molecule has 0 amide bonds. The Balaban J connectivity index is 0.000000201. The van der Waals surface area contributed by atoms with Gasteiger partial charge in [-0.15, -0.1) is 0 Å². The van der Waals surface area contributed by atoms with Crippen molar-refractivity contribution >= 4 is 0 Å². The molecule has 0 bridgehead atoms. The number of hydrogen-bond acceptors (Lipinski definition) is 12. The molecule has 204 valence electrons. The van der Waals surface area contributed by atoms with Crippen LogP contribution in [0.3, 0.4) is 0 Å². The van der Waals surface area contributed by atoms with Gasteiger partial charge in [-0.3, -0.25) is 0 Å². The zero-order chi connectivity index (χ0) is 26.7. The molecular formula is C20H34N6O10.